The van der Waals surface area contributed by atoms with Gasteiger partial charge in [-0.3, -0.25) is 4.68 Å². The minimum Gasteiger partial charge on any atom is -0.328 e. The van der Waals surface area contributed by atoms with Gasteiger partial charge in [-0.2, -0.15) is 5.10 Å². The average Bonchev–Trinajstić information content (AvgIpc) is 2.68. The van der Waals surface area contributed by atoms with Crippen LogP contribution in [-0.4, -0.2) is 15.8 Å². The van der Waals surface area contributed by atoms with Crippen molar-refractivity contribution in [2.45, 2.75) is 25.9 Å². The minimum absolute atomic E-state index is 0.137. The SMILES string of the molecule is CC(N)Cc1cnn(Cc2ccc(F)cc2)c1. The first kappa shape index (κ1) is 11.8. The van der Waals surface area contributed by atoms with Crippen LogP contribution in [0.5, 0.6) is 0 Å². The highest BCUT2D eigenvalue weighted by atomic mass is 19.1. The van der Waals surface area contributed by atoms with Crippen molar-refractivity contribution >= 4 is 0 Å². The molecule has 0 fully saturated rings. The maximum Gasteiger partial charge on any atom is 0.123 e. The van der Waals surface area contributed by atoms with Gasteiger partial charge in [-0.15, -0.1) is 0 Å². The zero-order valence-corrected chi connectivity index (χ0v) is 9.81. The number of nitrogens with two attached hydrogens (primary N) is 1. The van der Waals surface area contributed by atoms with Gasteiger partial charge in [0.05, 0.1) is 12.7 Å². The summed E-state index contributed by atoms with van der Waals surface area (Å²) in [6, 6.07) is 6.59. The van der Waals surface area contributed by atoms with Crippen molar-refractivity contribution in [3.05, 3.63) is 53.6 Å². The predicted octanol–water partition coefficient (Wildman–Crippen LogP) is 1.96. The summed E-state index contributed by atoms with van der Waals surface area (Å²) in [7, 11) is 0. The molecule has 4 heteroatoms. The molecule has 0 spiro atoms. The van der Waals surface area contributed by atoms with E-state index in [2.05, 4.69) is 5.10 Å². The molecule has 1 aromatic heterocycles. The summed E-state index contributed by atoms with van der Waals surface area (Å²) < 4.78 is 14.6. The molecule has 0 aliphatic carbocycles. The van der Waals surface area contributed by atoms with E-state index in [1.807, 2.05) is 24.0 Å². The van der Waals surface area contributed by atoms with E-state index >= 15 is 0 Å². The Labute approximate surface area is 100 Å². The van der Waals surface area contributed by atoms with Gasteiger partial charge >= 0.3 is 0 Å². The Bertz CT molecular complexity index is 474. The summed E-state index contributed by atoms with van der Waals surface area (Å²) >= 11 is 0. The number of aromatic nitrogens is 2. The second-order valence-corrected chi connectivity index (χ2v) is 4.35. The Balaban J connectivity index is 2.03. The van der Waals surface area contributed by atoms with Crippen LogP contribution in [0.4, 0.5) is 4.39 Å². The second kappa shape index (κ2) is 5.10. The zero-order chi connectivity index (χ0) is 12.3. The Hall–Kier alpha value is -1.68. The molecule has 1 aromatic carbocycles. The van der Waals surface area contributed by atoms with E-state index in [4.69, 9.17) is 5.73 Å². The molecular formula is C13H16FN3. The third-order valence-electron chi connectivity index (χ3n) is 2.50. The first-order valence-corrected chi connectivity index (χ1v) is 5.65. The van der Waals surface area contributed by atoms with Crippen LogP contribution in [0.3, 0.4) is 0 Å². The summed E-state index contributed by atoms with van der Waals surface area (Å²) in [5.41, 5.74) is 7.88. The third-order valence-corrected chi connectivity index (χ3v) is 2.50. The highest BCUT2D eigenvalue weighted by Crippen LogP contribution is 2.07. The summed E-state index contributed by atoms with van der Waals surface area (Å²) in [5.74, 6) is -0.216. The Kier molecular flexibility index (Phi) is 3.54. The van der Waals surface area contributed by atoms with Crippen LogP contribution in [0.25, 0.3) is 0 Å². The number of rotatable bonds is 4. The highest BCUT2D eigenvalue weighted by molar-refractivity contribution is 5.17. The number of hydrogen-bond donors (Lipinski definition) is 1. The van der Waals surface area contributed by atoms with Gasteiger partial charge in [0.15, 0.2) is 0 Å². The van der Waals surface area contributed by atoms with Gasteiger partial charge in [0, 0.05) is 12.2 Å². The molecule has 1 unspecified atom stereocenters. The molecule has 2 rings (SSSR count). The summed E-state index contributed by atoms with van der Waals surface area (Å²) in [6.45, 7) is 2.62. The highest BCUT2D eigenvalue weighted by Gasteiger charge is 2.02. The Morgan fingerprint density at radius 1 is 1.29 bits per heavy atom. The fraction of sp³-hybridized carbons (Fsp3) is 0.308. The van der Waals surface area contributed by atoms with Crippen molar-refractivity contribution in [1.29, 1.82) is 0 Å². The van der Waals surface area contributed by atoms with Gasteiger partial charge in [0.25, 0.3) is 0 Å². The van der Waals surface area contributed by atoms with Crippen LogP contribution in [0.15, 0.2) is 36.7 Å². The fourth-order valence-electron chi connectivity index (χ4n) is 1.75. The van der Waals surface area contributed by atoms with Crippen molar-refractivity contribution < 1.29 is 4.39 Å². The molecular weight excluding hydrogens is 217 g/mol. The lowest BCUT2D eigenvalue weighted by Gasteiger charge is -2.02. The van der Waals surface area contributed by atoms with E-state index in [0.29, 0.717) is 6.54 Å². The van der Waals surface area contributed by atoms with Crippen LogP contribution in [-0.2, 0) is 13.0 Å². The molecule has 0 bridgehead atoms. The van der Waals surface area contributed by atoms with Gasteiger partial charge in [-0.1, -0.05) is 12.1 Å². The monoisotopic (exact) mass is 233 g/mol. The van der Waals surface area contributed by atoms with Crippen LogP contribution >= 0.6 is 0 Å². The number of benzene rings is 1. The Morgan fingerprint density at radius 3 is 2.65 bits per heavy atom. The molecule has 0 saturated carbocycles. The predicted molar refractivity (Wildman–Crippen MR) is 65.1 cm³/mol. The van der Waals surface area contributed by atoms with E-state index in [0.717, 1.165) is 17.5 Å². The van der Waals surface area contributed by atoms with Gasteiger partial charge in [-0.25, -0.2) is 4.39 Å². The molecule has 90 valence electrons. The Morgan fingerprint density at radius 2 is 2.00 bits per heavy atom. The van der Waals surface area contributed by atoms with Gasteiger partial charge in [0.2, 0.25) is 0 Å². The molecule has 1 atom stereocenters. The third kappa shape index (κ3) is 3.39. The fourth-order valence-corrected chi connectivity index (χ4v) is 1.75. The first-order valence-electron chi connectivity index (χ1n) is 5.65. The van der Waals surface area contributed by atoms with E-state index in [9.17, 15) is 4.39 Å². The summed E-state index contributed by atoms with van der Waals surface area (Å²) in [6.07, 6.45) is 4.63. The number of halogens is 1. The van der Waals surface area contributed by atoms with Crippen LogP contribution in [0.2, 0.25) is 0 Å². The largest absolute Gasteiger partial charge is 0.328 e. The summed E-state index contributed by atoms with van der Waals surface area (Å²) in [5, 5.41) is 4.25. The maximum atomic E-state index is 12.7. The lowest BCUT2D eigenvalue weighted by atomic mass is 10.1. The van der Waals surface area contributed by atoms with E-state index in [1.54, 1.807) is 12.1 Å². The van der Waals surface area contributed by atoms with E-state index < -0.39 is 0 Å². The first-order chi connectivity index (χ1) is 8.13. The standard InChI is InChI=1S/C13H16FN3/c1-10(15)6-12-7-16-17(9-12)8-11-2-4-13(14)5-3-11/h2-5,7,9-10H,6,8,15H2,1H3. The van der Waals surface area contributed by atoms with Crippen molar-refractivity contribution in [2.75, 3.05) is 0 Å². The van der Waals surface area contributed by atoms with Gasteiger partial charge < -0.3 is 5.73 Å². The number of hydrogen-bond acceptors (Lipinski definition) is 2. The maximum absolute atomic E-state index is 12.7. The molecule has 0 aliphatic heterocycles. The molecule has 2 N–H and O–H groups in total. The zero-order valence-electron chi connectivity index (χ0n) is 9.81. The van der Waals surface area contributed by atoms with Crippen molar-refractivity contribution in [2.24, 2.45) is 5.73 Å². The topological polar surface area (TPSA) is 43.8 Å². The molecule has 1 heterocycles. The van der Waals surface area contributed by atoms with Crippen molar-refractivity contribution in [3.63, 3.8) is 0 Å². The molecule has 0 saturated heterocycles. The van der Waals surface area contributed by atoms with Crippen molar-refractivity contribution in [1.82, 2.24) is 9.78 Å². The lowest BCUT2D eigenvalue weighted by molar-refractivity contribution is 0.624. The molecule has 2 aromatic rings. The van der Waals surface area contributed by atoms with Crippen molar-refractivity contribution in [3.8, 4) is 0 Å². The minimum atomic E-state index is -0.216. The van der Waals surface area contributed by atoms with E-state index in [1.165, 1.54) is 12.1 Å². The van der Waals surface area contributed by atoms with Crippen LogP contribution in [0.1, 0.15) is 18.1 Å². The number of nitrogens with zero attached hydrogens (tertiary/aromatic N) is 2. The van der Waals surface area contributed by atoms with E-state index in [-0.39, 0.29) is 11.9 Å². The normalized spacial score (nSPS) is 12.6. The smallest absolute Gasteiger partial charge is 0.123 e. The lowest BCUT2D eigenvalue weighted by Crippen LogP contribution is -2.17. The molecule has 0 radical (unpaired) electrons. The molecule has 3 nitrogen and oxygen atoms in total. The summed E-state index contributed by atoms with van der Waals surface area (Å²) in [4.78, 5) is 0. The van der Waals surface area contributed by atoms with Gasteiger partial charge in [0.1, 0.15) is 5.82 Å². The van der Waals surface area contributed by atoms with Gasteiger partial charge in [-0.05, 0) is 36.6 Å². The molecule has 0 amide bonds. The average molecular weight is 233 g/mol. The molecule has 0 aliphatic rings. The quantitative estimate of drug-likeness (QED) is 0.877. The van der Waals surface area contributed by atoms with Crippen LogP contribution in [0, 0.1) is 5.82 Å². The molecule has 17 heavy (non-hydrogen) atoms. The second-order valence-electron chi connectivity index (χ2n) is 4.35. The van der Waals surface area contributed by atoms with Crippen LogP contribution < -0.4 is 5.73 Å².